The molecule has 2 heterocycles. The molecule has 1 aliphatic rings. The van der Waals surface area contributed by atoms with Crippen molar-refractivity contribution in [2.75, 3.05) is 38.3 Å². The Kier molecular flexibility index (Phi) is 5.89. The zero-order chi connectivity index (χ0) is 15.1. The van der Waals surface area contributed by atoms with Gasteiger partial charge < -0.3 is 20.7 Å². The third kappa shape index (κ3) is 4.37. The lowest BCUT2D eigenvalue weighted by Crippen LogP contribution is -2.46. The van der Waals surface area contributed by atoms with Gasteiger partial charge in [-0.2, -0.15) is 0 Å². The molecular weight excluding hydrogens is 270 g/mol. The SMILES string of the molecule is COCCNCC1CCCCN1c1ccc(C(N)=O)nn1. The zero-order valence-electron chi connectivity index (χ0n) is 12.4. The lowest BCUT2D eigenvalue weighted by molar-refractivity contribution is 0.0994. The molecule has 1 aromatic heterocycles. The number of nitrogens with one attached hydrogen (secondary N) is 1. The minimum atomic E-state index is -0.550. The van der Waals surface area contributed by atoms with Gasteiger partial charge in [0.1, 0.15) is 0 Å². The number of methoxy groups -OCH3 is 1. The highest BCUT2D eigenvalue weighted by Gasteiger charge is 2.23. The van der Waals surface area contributed by atoms with Crippen molar-refractivity contribution in [1.82, 2.24) is 15.5 Å². The average Bonchev–Trinajstić information content (AvgIpc) is 2.52. The Morgan fingerprint density at radius 3 is 3.00 bits per heavy atom. The normalized spacial score (nSPS) is 18.7. The molecule has 1 aliphatic heterocycles. The minimum absolute atomic E-state index is 0.200. The summed E-state index contributed by atoms with van der Waals surface area (Å²) < 4.78 is 5.04. The predicted octanol–water partition coefficient (Wildman–Crippen LogP) is 0.170. The maximum absolute atomic E-state index is 11.0. The van der Waals surface area contributed by atoms with Crippen molar-refractivity contribution in [3.63, 3.8) is 0 Å². The highest BCUT2D eigenvalue weighted by Crippen LogP contribution is 2.22. The van der Waals surface area contributed by atoms with E-state index in [9.17, 15) is 4.79 Å². The number of hydrogen-bond acceptors (Lipinski definition) is 6. The van der Waals surface area contributed by atoms with Crippen molar-refractivity contribution in [1.29, 1.82) is 0 Å². The molecule has 7 heteroatoms. The summed E-state index contributed by atoms with van der Waals surface area (Å²) in [5.41, 5.74) is 5.39. The molecule has 0 aliphatic carbocycles. The highest BCUT2D eigenvalue weighted by atomic mass is 16.5. The van der Waals surface area contributed by atoms with E-state index in [1.807, 2.05) is 6.07 Å². The second-order valence-electron chi connectivity index (χ2n) is 5.18. The Labute approximate surface area is 124 Å². The van der Waals surface area contributed by atoms with Crippen LogP contribution in [0.4, 0.5) is 5.82 Å². The van der Waals surface area contributed by atoms with Gasteiger partial charge in [-0.05, 0) is 31.4 Å². The Morgan fingerprint density at radius 1 is 1.48 bits per heavy atom. The van der Waals surface area contributed by atoms with Gasteiger partial charge in [0.15, 0.2) is 11.5 Å². The van der Waals surface area contributed by atoms with E-state index in [1.165, 1.54) is 6.42 Å². The first kappa shape index (κ1) is 15.7. The zero-order valence-corrected chi connectivity index (χ0v) is 12.4. The summed E-state index contributed by atoms with van der Waals surface area (Å²) in [6.45, 7) is 3.40. The Bertz CT molecular complexity index is 451. The molecule has 2 rings (SSSR count). The first-order valence-corrected chi connectivity index (χ1v) is 7.32. The van der Waals surface area contributed by atoms with Crippen molar-refractivity contribution in [3.05, 3.63) is 17.8 Å². The maximum atomic E-state index is 11.0. The Balaban J connectivity index is 1.98. The van der Waals surface area contributed by atoms with E-state index in [0.717, 1.165) is 38.3 Å². The number of carbonyl (C=O) groups excluding carboxylic acids is 1. The highest BCUT2D eigenvalue weighted by molar-refractivity contribution is 5.90. The number of hydrogen-bond donors (Lipinski definition) is 2. The topological polar surface area (TPSA) is 93.4 Å². The van der Waals surface area contributed by atoms with Crippen LogP contribution < -0.4 is 16.0 Å². The summed E-state index contributed by atoms with van der Waals surface area (Å²) in [6, 6.07) is 3.85. The number of anilines is 1. The van der Waals surface area contributed by atoms with E-state index in [0.29, 0.717) is 12.6 Å². The van der Waals surface area contributed by atoms with Crippen LogP contribution in [0, 0.1) is 0 Å². The molecule has 0 spiro atoms. The van der Waals surface area contributed by atoms with Crippen LogP contribution in [-0.2, 0) is 4.74 Å². The molecule has 1 saturated heterocycles. The smallest absolute Gasteiger partial charge is 0.269 e. The summed E-state index contributed by atoms with van der Waals surface area (Å²) >= 11 is 0. The van der Waals surface area contributed by atoms with Gasteiger partial charge in [-0.3, -0.25) is 4.79 Å². The van der Waals surface area contributed by atoms with Crippen molar-refractivity contribution in [2.24, 2.45) is 5.73 Å². The second-order valence-corrected chi connectivity index (χ2v) is 5.18. The fraction of sp³-hybridized carbons (Fsp3) is 0.643. The van der Waals surface area contributed by atoms with Gasteiger partial charge >= 0.3 is 0 Å². The molecule has 3 N–H and O–H groups in total. The maximum Gasteiger partial charge on any atom is 0.269 e. The van der Waals surface area contributed by atoms with Crippen LogP contribution in [0.15, 0.2) is 12.1 Å². The van der Waals surface area contributed by atoms with Gasteiger partial charge in [-0.15, -0.1) is 10.2 Å². The molecule has 1 amide bonds. The van der Waals surface area contributed by atoms with Crippen LogP contribution in [-0.4, -0.2) is 55.5 Å². The van der Waals surface area contributed by atoms with Gasteiger partial charge in [-0.25, -0.2) is 0 Å². The van der Waals surface area contributed by atoms with Crippen molar-refractivity contribution < 1.29 is 9.53 Å². The lowest BCUT2D eigenvalue weighted by Gasteiger charge is -2.36. The lowest BCUT2D eigenvalue weighted by atomic mass is 10.0. The number of amides is 1. The number of rotatable bonds is 7. The minimum Gasteiger partial charge on any atom is -0.383 e. The van der Waals surface area contributed by atoms with E-state index in [2.05, 4.69) is 20.4 Å². The fourth-order valence-corrected chi connectivity index (χ4v) is 2.57. The van der Waals surface area contributed by atoms with Crippen LogP contribution in [0.25, 0.3) is 0 Å². The van der Waals surface area contributed by atoms with E-state index in [4.69, 9.17) is 10.5 Å². The fourth-order valence-electron chi connectivity index (χ4n) is 2.57. The van der Waals surface area contributed by atoms with E-state index in [1.54, 1.807) is 13.2 Å². The molecule has 1 unspecified atom stereocenters. The molecule has 0 saturated carbocycles. The largest absolute Gasteiger partial charge is 0.383 e. The molecule has 0 aromatic carbocycles. The first-order chi connectivity index (χ1) is 10.2. The van der Waals surface area contributed by atoms with Gasteiger partial charge in [0, 0.05) is 32.8 Å². The summed E-state index contributed by atoms with van der Waals surface area (Å²) in [4.78, 5) is 13.3. The number of nitrogens with zero attached hydrogens (tertiary/aromatic N) is 3. The van der Waals surface area contributed by atoms with E-state index in [-0.39, 0.29) is 5.69 Å². The molecular formula is C14H23N5O2. The monoisotopic (exact) mass is 293 g/mol. The first-order valence-electron chi connectivity index (χ1n) is 7.32. The molecule has 1 aromatic rings. The molecule has 0 bridgehead atoms. The Morgan fingerprint density at radius 2 is 2.33 bits per heavy atom. The van der Waals surface area contributed by atoms with Crippen molar-refractivity contribution in [3.8, 4) is 0 Å². The van der Waals surface area contributed by atoms with Crippen LogP contribution in [0.2, 0.25) is 0 Å². The molecule has 7 nitrogen and oxygen atoms in total. The van der Waals surface area contributed by atoms with Crippen LogP contribution >= 0.6 is 0 Å². The van der Waals surface area contributed by atoms with E-state index < -0.39 is 5.91 Å². The van der Waals surface area contributed by atoms with Crippen LogP contribution in [0.5, 0.6) is 0 Å². The summed E-state index contributed by atoms with van der Waals surface area (Å²) in [5, 5.41) is 11.4. The van der Waals surface area contributed by atoms with Gasteiger partial charge in [0.2, 0.25) is 0 Å². The quantitative estimate of drug-likeness (QED) is 0.696. The Hall–Kier alpha value is -1.73. The van der Waals surface area contributed by atoms with Crippen LogP contribution in [0.3, 0.4) is 0 Å². The van der Waals surface area contributed by atoms with Gasteiger partial charge in [0.25, 0.3) is 5.91 Å². The summed E-state index contributed by atoms with van der Waals surface area (Å²) in [5.74, 6) is 0.253. The van der Waals surface area contributed by atoms with Gasteiger partial charge in [-0.1, -0.05) is 0 Å². The molecule has 21 heavy (non-hydrogen) atoms. The number of nitrogens with two attached hydrogens (primary N) is 1. The average molecular weight is 293 g/mol. The van der Waals surface area contributed by atoms with Crippen LogP contribution in [0.1, 0.15) is 29.8 Å². The third-order valence-corrected chi connectivity index (χ3v) is 3.69. The number of primary amides is 1. The molecule has 1 atom stereocenters. The van der Waals surface area contributed by atoms with Gasteiger partial charge in [0.05, 0.1) is 6.61 Å². The van der Waals surface area contributed by atoms with Crippen molar-refractivity contribution in [2.45, 2.75) is 25.3 Å². The standard InChI is InChI=1S/C14H23N5O2/c1-21-9-7-16-10-11-4-2-3-8-19(11)13-6-5-12(14(15)20)17-18-13/h5-6,11,16H,2-4,7-10H2,1H3,(H2,15,20). The van der Waals surface area contributed by atoms with E-state index >= 15 is 0 Å². The summed E-state index contributed by atoms with van der Waals surface area (Å²) in [7, 11) is 1.70. The predicted molar refractivity (Wildman–Crippen MR) is 80.3 cm³/mol. The molecule has 116 valence electrons. The number of ether oxygens (including phenoxy) is 1. The second kappa shape index (κ2) is 7.90. The summed E-state index contributed by atoms with van der Waals surface area (Å²) in [6.07, 6.45) is 3.49. The number of carbonyl (C=O) groups is 1. The molecule has 0 radical (unpaired) electrons. The van der Waals surface area contributed by atoms with Crippen molar-refractivity contribution >= 4 is 11.7 Å². The number of aromatic nitrogens is 2. The molecule has 1 fully saturated rings. The third-order valence-electron chi connectivity index (χ3n) is 3.69. The number of piperidine rings is 1.